The summed E-state index contributed by atoms with van der Waals surface area (Å²) in [5, 5.41) is 4.28. The zero-order valence-corrected chi connectivity index (χ0v) is 16.3. The quantitative estimate of drug-likeness (QED) is 0.440. The molecule has 0 aliphatic heterocycles. The predicted octanol–water partition coefficient (Wildman–Crippen LogP) is 4.27. The van der Waals surface area contributed by atoms with Crippen molar-refractivity contribution in [1.82, 2.24) is 14.6 Å². The van der Waals surface area contributed by atoms with E-state index >= 15 is 0 Å². The minimum atomic E-state index is -0.305. The van der Waals surface area contributed by atoms with Gasteiger partial charge in [-0.25, -0.2) is 4.39 Å². The Bertz CT molecular complexity index is 1460. The van der Waals surface area contributed by atoms with Crippen LogP contribution in [0.1, 0.15) is 17.1 Å². The van der Waals surface area contributed by atoms with E-state index in [4.69, 9.17) is 4.42 Å². The number of rotatable bonds is 4. The lowest BCUT2D eigenvalue weighted by Gasteiger charge is -1.95. The lowest BCUT2D eigenvalue weighted by atomic mass is 10.2. The van der Waals surface area contributed by atoms with Crippen LogP contribution in [0, 0.1) is 5.82 Å². The highest BCUT2D eigenvalue weighted by Crippen LogP contribution is 2.22. The van der Waals surface area contributed by atoms with E-state index in [0.717, 1.165) is 11.1 Å². The monoisotopic (exact) mass is 415 g/mol. The predicted molar refractivity (Wildman–Crippen MR) is 115 cm³/mol. The van der Waals surface area contributed by atoms with E-state index in [1.54, 1.807) is 36.4 Å². The molecular formula is C23H14FN3O2S. The minimum Gasteiger partial charge on any atom is -0.457 e. The molecule has 0 aliphatic rings. The first kappa shape index (κ1) is 18.2. The summed E-state index contributed by atoms with van der Waals surface area (Å²) in [7, 11) is 0. The molecule has 30 heavy (non-hydrogen) atoms. The third-order valence-electron chi connectivity index (χ3n) is 4.45. The molecule has 0 radical (unpaired) electrons. The molecule has 0 aliphatic carbocycles. The van der Waals surface area contributed by atoms with Crippen LogP contribution < -0.4 is 10.1 Å². The fourth-order valence-electron chi connectivity index (χ4n) is 2.98. The lowest BCUT2D eigenvalue weighted by Crippen LogP contribution is -2.23. The molecule has 146 valence electrons. The van der Waals surface area contributed by atoms with Gasteiger partial charge in [0.1, 0.15) is 21.9 Å². The Kier molecular flexibility index (Phi) is 4.57. The van der Waals surface area contributed by atoms with Gasteiger partial charge in [-0.3, -0.25) is 4.79 Å². The maximum absolute atomic E-state index is 13.1. The summed E-state index contributed by atoms with van der Waals surface area (Å²) in [5.41, 5.74) is 1.54. The van der Waals surface area contributed by atoms with Crippen molar-refractivity contribution < 1.29 is 8.81 Å². The first-order valence-corrected chi connectivity index (χ1v) is 9.97. The van der Waals surface area contributed by atoms with Gasteiger partial charge in [-0.2, -0.15) is 9.50 Å². The molecule has 0 N–H and O–H groups in total. The topological polar surface area (TPSA) is 60.4 Å². The standard InChI is InChI=1S/C23H14FN3O2S/c24-17-9-7-16(8-10-17)19-12-11-18(29-19)14-20-22(28)27-23(30-20)25-21(26-27)13-6-15-4-2-1-3-5-15/h1-14H/b13-6+,20-14-. The molecule has 0 saturated heterocycles. The maximum Gasteiger partial charge on any atom is 0.291 e. The van der Waals surface area contributed by atoms with Crippen molar-refractivity contribution in [3.8, 4) is 11.3 Å². The van der Waals surface area contributed by atoms with Crippen LogP contribution in [0.25, 0.3) is 34.5 Å². The van der Waals surface area contributed by atoms with Gasteiger partial charge in [0.25, 0.3) is 5.56 Å². The second-order valence-electron chi connectivity index (χ2n) is 6.53. The Morgan fingerprint density at radius 3 is 2.53 bits per heavy atom. The first-order valence-electron chi connectivity index (χ1n) is 9.16. The number of hydrogen-bond donors (Lipinski definition) is 0. The Balaban J connectivity index is 1.44. The fourth-order valence-corrected chi connectivity index (χ4v) is 3.88. The highest BCUT2D eigenvalue weighted by Gasteiger charge is 2.10. The first-order chi connectivity index (χ1) is 14.7. The van der Waals surface area contributed by atoms with Gasteiger partial charge in [0.05, 0.1) is 0 Å². The third-order valence-corrected chi connectivity index (χ3v) is 5.41. The van der Waals surface area contributed by atoms with Crippen LogP contribution in [0.4, 0.5) is 4.39 Å². The summed E-state index contributed by atoms with van der Waals surface area (Å²) in [4.78, 5) is 17.6. The van der Waals surface area contributed by atoms with Crippen LogP contribution in [-0.2, 0) is 0 Å². The third kappa shape index (κ3) is 3.58. The molecule has 3 heterocycles. The van der Waals surface area contributed by atoms with Crippen LogP contribution in [0.15, 0.2) is 75.9 Å². The number of thiazole rings is 1. The Morgan fingerprint density at radius 1 is 0.967 bits per heavy atom. The Morgan fingerprint density at radius 2 is 1.77 bits per heavy atom. The van der Waals surface area contributed by atoms with Gasteiger partial charge in [0, 0.05) is 11.6 Å². The van der Waals surface area contributed by atoms with Crippen LogP contribution in [0.5, 0.6) is 0 Å². The number of hydrogen-bond acceptors (Lipinski definition) is 5. The highest BCUT2D eigenvalue weighted by atomic mass is 32.1. The molecule has 7 heteroatoms. The van der Waals surface area contributed by atoms with E-state index in [0.29, 0.717) is 26.8 Å². The number of furan rings is 1. The van der Waals surface area contributed by atoms with Crippen LogP contribution in [-0.4, -0.2) is 14.6 Å². The second kappa shape index (κ2) is 7.53. The Hall–Kier alpha value is -3.84. The zero-order chi connectivity index (χ0) is 20.5. The molecule has 0 bridgehead atoms. The van der Waals surface area contributed by atoms with Gasteiger partial charge in [-0.1, -0.05) is 47.7 Å². The average Bonchev–Trinajstić information content (AvgIpc) is 3.46. The molecule has 0 atom stereocenters. The molecule has 3 aromatic heterocycles. The largest absolute Gasteiger partial charge is 0.457 e. The summed E-state index contributed by atoms with van der Waals surface area (Å²) >= 11 is 1.25. The number of halogens is 1. The smallest absolute Gasteiger partial charge is 0.291 e. The molecule has 0 saturated carbocycles. The summed E-state index contributed by atoms with van der Waals surface area (Å²) in [6.07, 6.45) is 5.34. The molecule has 5 aromatic rings. The van der Waals surface area contributed by atoms with Crippen molar-refractivity contribution in [1.29, 1.82) is 0 Å². The van der Waals surface area contributed by atoms with Crippen molar-refractivity contribution in [2.75, 3.05) is 0 Å². The van der Waals surface area contributed by atoms with E-state index in [-0.39, 0.29) is 11.4 Å². The average molecular weight is 415 g/mol. The molecule has 0 spiro atoms. The van der Waals surface area contributed by atoms with Gasteiger partial charge in [-0.05, 0) is 48.0 Å². The normalized spacial score (nSPS) is 12.4. The van der Waals surface area contributed by atoms with Gasteiger partial charge >= 0.3 is 0 Å². The van der Waals surface area contributed by atoms with E-state index in [1.807, 2.05) is 36.4 Å². The highest BCUT2D eigenvalue weighted by molar-refractivity contribution is 7.15. The van der Waals surface area contributed by atoms with Crippen molar-refractivity contribution >= 4 is 34.5 Å². The van der Waals surface area contributed by atoms with Crippen LogP contribution >= 0.6 is 11.3 Å². The van der Waals surface area contributed by atoms with Gasteiger partial charge < -0.3 is 4.42 Å². The van der Waals surface area contributed by atoms with Crippen molar-refractivity contribution in [3.05, 3.63) is 105 Å². The molecule has 5 nitrogen and oxygen atoms in total. The van der Waals surface area contributed by atoms with Crippen molar-refractivity contribution in [2.45, 2.75) is 0 Å². The SMILES string of the molecule is O=c1/c(=C/c2ccc(-c3ccc(F)cc3)o2)sc2nc(/C=C/c3ccccc3)nn12. The zero-order valence-electron chi connectivity index (χ0n) is 15.5. The van der Waals surface area contributed by atoms with E-state index < -0.39 is 0 Å². The van der Waals surface area contributed by atoms with Crippen molar-refractivity contribution in [3.63, 3.8) is 0 Å². The Labute approximate surface area is 174 Å². The van der Waals surface area contributed by atoms with E-state index in [1.165, 1.54) is 28.0 Å². The molecule has 2 aromatic carbocycles. The molecular weight excluding hydrogens is 401 g/mol. The molecule has 0 amide bonds. The van der Waals surface area contributed by atoms with E-state index in [9.17, 15) is 9.18 Å². The number of fused-ring (bicyclic) bond motifs is 1. The maximum atomic E-state index is 13.1. The summed E-state index contributed by atoms with van der Waals surface area (Å²) in [6, 6.07) is 19.4. The van der Waals surface area contributed by atoms with Crippen molar-refractivity contribution in [2.24, 2.45) is 0 Å². The lowest BCUT2D eigenvalue weighted by molar-refractivity contribution is 0.571. The van der Waals surface area contributed by atoms with E-state index in [2.05, 4.69) is 10.1 Å². The summed E-state index contributed by atoms with van der Waals surface area (Å²) in [5.74, 6) is 1.30. The van der Waals surface area contributed by atoms with Crippen LogP contribution in [0.3, 0.4) is 0 Å². The molecule has 5 rings (SSSR count). The molecule has 0 fully saturated rings. The summed E-state index contributed by atoms with van der Waals surface area (Å²) < 4.78 is 20.6. The van der Waals surface area contributed by atoms with Crippen LogP contribution in [0.2, 0.25) is 0 Å². The number of benzene rings is 2. The number of aromatic nitrogens is 3. The number of nitrogens with zero attached hydrogens (tertiary/aromatic N) is 3. The van der Waals surface area contributed by atoms with Gasteiger partial charge in [-0.15, -0.1) is 5.10 Å². The fraction of sp³-hybridized carbons (Fsp3) is 0. The van der Waals surface area contributed by atoms with Gasteiger partial charge in [0.2, 0.25) is 4.96 Å². The second-order valence-corrected chi connectivity index (χ2v) is 7.54. The minimum absolute atomic E-state index is 0.249. The summed E-state index contributed by atoms with van der Waals surface area (Å²) in [6.45, 7) is 0. The molecule has 0 unspecified atom stereocenters. The van der Waals surface area contributed by atoms with Gasteiger partial charge in [0.15, 0.2) is 5.82 Å².